The Morgan fingerprint density at radius 1 is 1.13 bits per heavy atom. The van der Waals surface area contributed by atoms with Gasteiger partial charge in [-0.15, -0.1) is 0 Å². The molecule has 2 aromatic carbocycles. The molecule has 1 N–H and O–H groups in total. The number of carbonyl (C=O) groups is 1. The fourth-order valence-electron chi connectivity index (χ4n) is 2.38. The Labute approximate surface area is 139 Å². The first-order valence-corrected chi connectivity index (χ1v) is 7.65. The van der Waals surface area contributed by atoms with Crippen LogP contribution in [0.3, 0.4) is 0 Å². The number of carboxylic acids is 1. The number of aryl methyl sites for hydroxylation is 1. The van der Waals surface area contributed by atoms with Gasteiger partial charge >= 0.3 is 5.97 Å². The maximum Gasteiger partial charge on any atom is 0.356 e. The fraction of sp³-hybridized carbons (Fsp3) is 0.111. The molecule has 3 aromatic rings. The van der Waals surface area contributed by atoms with Crippen LogP contribution in [0.5, 0.6) is 0 Å². The van der Waals surface area contributed by atoms with E-state index in [0.717, 1.165) is 17.7 Å². The number of benzene rings is 2. The van der Waals surface area contributed by atoms with Crippen molar-refractivity contribution in [2.45, 2.75) is 13.3 Å². The highest BCUT2D eigenvalue weighted by Gasteiger charge is 2.15. The lowest BCUT2D eigenvalue weighted by molar-refractivity contribution is 0.0690. The summed E-state index contributed by atoms with van der Waals surface area (Å²) < 4.78 is 1.64. The van der Waals surface area contributed by atoms with Crippen molar-refractivity contribution in [1.29, 1.82) is 0 Å². The van der Waals surface area contributed by atoms with Crippen LogP contribution in [-0.2, 0) is 6.42 Å². The van der Waals surface area contributed by atoms with Crippen molar-refractivity contribution in [3.63, 3.8) is 0 Å². The Bertz CT molecular complexity index is 836. The molecule has 5 heteroatoms. The number of aromatic nitrogens is 2. The Balaban J connectivity index is 2.13. The molecule has 0 aliphatic carbocycles. The zero-order chi connectivity index (χ0) is 16.4. The van der Waals surface area contributed by atoms with E-state index in [2.05, 4.69) is 12.0 Å². The van der Waals surface area contributed by atoms with Crippen molar-refractivity contribution < 1.29 is 9.90 Å². The molecular formula is C18H15ClN2O2. The Hall–Kier alpha value is -2.59. The molecule has 1 aromatic heterocycles. The van der Waals surface area contributed by atoms with Crippen LogP contribution in [-0.4, -0.2) is 20.9 Å². The first-order chi connectivity index (χ1) is 11.1. The maximum atomic E-state index is 11.3. The lowest BCUT2D eigenvalue weighted by atomic mass is 10.1. The summed E-state index contributed by atoms with van der Waals surface area (Å²) in [4.78, 5) is 11.3. The van der Waals surface area contributed by atoms with Gasteiger partial charge in [0.05, 0.1) is 11.4 Å². The van der Waals surface area contributed by atoms with Crippen molar-refractivity contribution in [1.82, 2.24) is 9.78 Å². The molecule has 0 radical (unpaired) electrons. The van der Waals surface area contributed by atoms with E-state index in [1.807, 2.05) is 36.4 Å². The van der Waals surface area contributed by atoms with Crippen LogP contribution in [0.25, 0.3) is 16.9 Å². The molecule has 0 fully saturated rings. The number of carboxylic acid groups (broad SMARTS) is 1. The maximum absolute atomic E-state index is 11.3. The van der Waals surface area contributed by atoms with Crippen molar-refractivity contribution >= 4 is 17.6 Å². The Kier molecular flexibility index (Phi) is 4.17. The van der Waals surface area contributed by atoms with Crippen molar-refractivity contribution in [3.05, 3.63) is 70.9 Å². The fourth-order valence-corrected chi connectivity index (χ4v) is 2.51. The summed E-state index contributed by atoms with van der Waals surface area (Å²) in [6.07, 6.45) is 0.948. The van der Waals surface area contributed by atoms with E-state index in [4.69, 9.17) is 11.6 Å². The van der Waals surface area contributed by atoms with Gasteiger partial charge < -0.3 is 5.11 Å². The van der Waals surface area contributed by atoms with Gasteiger partial charge in [0.2, 0.25) is 0 Å². The zero-order valence-corrected chi connectivity index (χ0v) is 13.3. The number of rotatable bonds is 4. The molecule has 116 valence electrons. The van der Waals surface area contributed by atoms with Crippen LogP contribution < -0.4 is 0 Å². The van der Waals surface area contributed by atoms with Crippen molar-refractivity contribution in [3.8, 4) is 16.9 Å². The number of hydrogen-bond acceptors (Lipinski definition) is 2. The molecule has 0 amide bonds. The minimum atomic E-state index is -1.05. The second kappa shape index (κ2) is 6.26. The predicted octanol–water partition coefficient (Wildman–Crippen LogP) is 4.45. The number of nitrogens with zero attached hydrogens (tertiary/aromatic N) is 2. The Morgan fingerprint density at radius 3 is 2.35 bits per heavy atom. The second-order valence-corrected chi connectivity index (χ2v) is 5.60. The number of aromatic carboxylic acids is 1. The minimum Gasteiger partial charge on any atom is -0.476 e. The summed E-state index contributed by atoms with van der Waals surface area (Å²) in [6.45, 7) is 2.09. The number of halogens is 1. The van der Waals surface area contributed by atoms with Crippen molar-refractivity contribution in [2.75, 3.05) is 0 Å². The van der Waals surface area contributed by atoms with Crippen molar-refractivity contribution in [2.24, 2.45) is 0 Å². The third-order valence-electron chi connectivity index (χ3n) is 3.66. The molecule has 23 heavy (non-hydrogen) atoms. The monoisotopic (exact) mass is 326 g/mol. The van der Waals surface area contributed by atoms with E-state index in [0.29, 0.717) is 10.7 Å². The molecule has 1 heterocycles. The van der Waals surface area contributed by atoms with Gasteiger partial charge in [-0.2, -0.15) is 5.10 Å². The normalized spacial score (nSPS) is 10.7. The van der Waals surface area contributed by atoms with Gasteiger partial charge in [0, 0.05) is 10.6 Å². The van der Waals surface area contributed by atoms with E-state index < -0.39 is 5.97 Å². The molecule has 0 unspecified atom stereocenters. The average Bonchev–Trinajstić information content (AvgIpc) is 3.01. The molecule has 0 saturated heterocycles. The quantitative estimate of drug-likeness (QED) is 0.770. The van der Waals surface area contributed by atoms with Gasteiger partial charge in [0.25, 0.3) is 0 Å². The molecule has 0 aliphatic rings. The van der Waals surface area contributed by atoms with Gasteiger partial charge in [-0.25, -0.2) is 9.48 Å². The average molecular weight is 327 g/mol. The second-order valence-electron chi connectivity index (χ2n) is 5.16. The highest BCUT2D eigenvalue weighted by atomic mass is 35.5. The van der Waals surface area contributed by atoms with Gasteiger partial charge in [-0.3, -0.25) is 0 Å². The van der Waals surface area contributed by atoms with E-state index >= 15 is 0 Å². The van der Waals surface area contributed by atoms with Gasteiger partial charge in [0.1, 0.15) is 0 Å². The van der Waals surface area contributed by atoms with Crippen LogP contribution in [0.15, 0.2) is 54.6 Å². The summed E-state index contributed by atoms with van der Waals surface area (Å²) in [7, 11) is 0. The van der Waals surface area contributed by atoms with E-state index in [1.54, 1.807) is 22.9 Å². The van der Waals surface area contributed by atoms with Crippen LogP contribution in [0.2, 0.25) is 5.02 Å². The standard InChI is InChI=1S/C18H15ClN2O2/c1-2-12-3-9-15(10-4-12)21-17(11-16(20-21)18(22)23)13-5-7-14(19)8-6-13/h3-11H,2H2,1H3,(H,22,23). The third-order valence-corrected chi connectivity index (χ3v) is 3.91. The summed E-state index contributed by atoms with van der Waals surface area (Å²) in [5.41, 5.74) is 3.61. The molecular weight excluding hydrogens is 312 g/mol. The van der Waals surface area contributed by atoms with Gasteiger partial charge in [-0.05, 0) is 42.3 Å². The molecule has 0 atom stereocenters. The van der Waals surface area contributed by atoms with E-state index in [1.165, 1.54) is 5.56 Å². The van der Waals surface area contributed by atoms with Gasteiger partial charge in [-0.1, -0.05) is 42.8 Å². The van der Waals surface area contributed by atoms with Crippen LogP contribution >= 0.6 is 11.6 Å². The molecule has 0 saturated carbocycles. The summed E-state index contributed by atoms with van der Waals surface area (Å²) in [5, 5.41) is 14.1. The molecule has 0 spiro atoms. The first kappa shape index (κ1) is 15.3. The van der Waals surface area contributed by atoms with E-state index in [9.17, 15) is 9.90 Å². The summed E-state index contributed by atoms with van der Waals surface area (Å²) >= 11 is 5.93. The Morgan fingerprint density at radius 2 is 1.78 bits per heavy atom. The minimum absolute atomic E-state index is 0.00881. The lowest BCUT2D eigenvalue weighted by Crippen LogP contribution is -2.02. The number of hydrogen-bond donors (Lipinski definition) is 1. The highest BCUT2D eigenvalue weighted by molar-refractivity contribution is 6.30. The third kappa shape index (κ3) is 3.12. The topological polar surface area (TPSA) is 55.1 Å². The van der Waals surface area contributed by atoms with Crippen LogP contribution in [0, 0.1) is 0 Å². The predicted molar refractivity (Wildman–Crippen MR) is 90.3 cm³/mol. The van der Waals surface area contributed by atoms with Crippen LogP contribution in [0.4, 0.5) is 0 Å². The zero-order valence-electron chi connectivity index (χ0n) is 12.5. The SMILES string of the molecule is CCc1ccc(-n2nc(C(=O)O)cc2-c2ccc(Cl)cc2)cc1. The highest BCUT2D eigenvalue weighted by Crippen LogP contribution is 2.25. The lowest BCUT2D eigenvalue weighted by Gasteiger charge is -2.08. The van der Waals surface area contributed by atoms with E-state index in [-0.39, 0.29) is 5.69 Å². The summed E-state index contributed by atoms with van der Waals surface area (Å²) in [5.74, 6) is -1.05. The molecule has 3 rings (SSSR count). The largest absolute Gasteiger partial charge is 0.476 e. The van der Waals surface area contributed by atoms with Gasteiger partial charge in [0.15, 0.2) is 5.69 Å². The summed E-state index contributed by atoms with van der Waals surface area (Å²) in [6, 6.07) is 16.7. The van der Waals surface area contributed by atoms with Crippen LogP contribution in [0.1, 0.15) is 23.0 Å². The molecule has 4 nitrogen and oxygen atoms in total. The smallest absolute Gasteiger partial charge is 0.356 e. The first-order valence-electron chi connectivity index (χ1n) is 7.27. The molecule has 0 aliphatic heterocycles. The molecule has 0 bridgehead atoms.